The van der Waals surface area contributed by atoms with Crippen LogP contribution in [0.1, 0.15) is 11.4 Å². The first-order chi connectivity index (χ1) is 13.3. The Kier molecular flexibility index (Phi) is 5.04. The van der Waals surface area contributed by atoms with Crippen molar-refractivity contribution >= 4 is 17.7 Å². The van der Waals surface area contributed by atoms with Crippen molar-refractivity contribution in [3.8, 4) is 0 Å². The fourth-order valence-corrected chi connectivity index (χ4v) is 3.06. The van der Waals surface area contributed by atoms with E-state index in [0.29, 0.717) is 12.5 Å². The second kappa shape index (κ2) is 7.94. The van der Waals surface area contributed by atoms with E-state index in [4.69, 9.17) is 4.98 Å². The van der Waals surface area contributed by atoms with Gasteiger partial charge in [0.25, 0.3) is 0 Å². The molecular formula is C19H22N8. The molecule has 4 rings (SSSR count). The maximum atomic E-state index is 4.70. The highest BCUT2D eigenvalue weighted by molar-refractivity contribution is 5.47. The van der Waals surface area contributed by atoms with Crippen LogP contribution in [0.4, 0.5) is 17.7 Å². The Morgan fingerprint density at radius 1 is 0.889 bits per heavy atom. The number of aromatic nitrogens is 5. The Labute approximate surface area is 158 Å². The van der Waals surface area contributed by atoms with Crippen LogP contribution in [0.5, 0.6) is 0 Å². The van der Waals surface area contributed by atoms with Gasteiger partial charge < -0.3 is 15.1 Å². The molecule has 0 saturated carbocycles. The summed E-state index contributed by atoms with van der Waals surface area (Å²) in [5.41, 5.74) is 1.90. The van der Waals surface area contributed by atoms with Gasteiger partial charge in [-0.25, -0.2) is 15.0 Å². The van der Waals surface area contributed by atoms with E-state index >= 15 is 0 Å². The third-order valence-corrected chi connectivity index (χ3v) is 4.43. The van der Waals surface area contributed by atoms with Crippen LogP contribution in [0.25, 0.3) is 0 Å². The Morgan fingerprint density at radius 2 is 1.63 bits per heavy atom. The lowest BCUT2D eigenvalue weighted by atomic mass is 10.3. The molecule has 0 radical (unpaired) electrons. The molecule has 138 valence electrons. The summed E-state index contributed by atoms with van der Waals surface area (Å²) in [6.45, 7) is 6.06. The van der Waals surface area contributed by atoms with Gasteiger partial charge in [0.1, 0.15) is 5.82 Å². The summed E-state index contributed by atoms with van der Waals surface area (Å²) in [4.78, 5) is 26.7. The number of piperazine rings is 1. The van der Waals surface area contributed by atoms with Gasteiger partial charge in [-0.3, -0.25) is 4.98 Å². The van der Waals surface area contributed by atoms with Gasteiger partial charge in [-0.1, -0.05) is 6.07 Å². The summed E-state index contributed by atoms with van der Waals surface area (Å²) in [7, 11) is 0. The van der Waals surface area contributed by atoms with Gasteiger partial charge in [0, 0.05) is 56.5 Å². The van der Waals surface area contributed by atoms with E-state index in [-0.39, 0.29) is 0 Å². The van der Waals surface area contributed by atoms with Crippen molar-refractivity contribution < 1.29 is 0 Å². The number of aryl methyl sites for hydroxylation is 1. The van der Waals surface area contributed by atoms with Crippen molar-refractivity contribution in [1.82, 2.24) is 24.9 Å². The van der Waals surface area contributed by atoms with Crippen molar-refractivity contribution in [1.29, 1.82) is 0 Å². The Balaban J connectivity index is 1.41. The standard InChI is InChI=1S/C19H22N8/c1-15-13-17(25-18(24-15)23-14-16-5-2-3-6-20-16)26-9-11-27(12-10-26)19-21-7-4-8-22-19/h2-8,13H,9-12,14H2,1H3,(H,23,24,25). The largest absolute Gasteiger partial charge is 0.353 e. The molecule has 0 aromatic carbocycles. The van der Waals surface area contributed by atoms with Crippen molar-refractivity contribution in [3.63, 3.8) is 0 Å². The lowest BCUT2D eigenvalue weighted by Crippen LogP contribution is -2.47. The van der Waals surface area contributed by atoms with Crippen LogP contribution in [0.2, 0.25) is 0 Å². The van der Waals surface area contributed by atoms with Crippen molar-refractivity contribution in [2.45, 2.75) is 13.5 Å². The second-order valence-electron chi connectivity index (χ2n) is 6.39. The molecule has 1 aliphatic rings. The van der Waals surface area contributed by atoms with E-state index in [1.165, 1.54) is 0 Å². The molecule has 0 atom stereocenters. The first-order valence-corrected chi connectivity index (χ1v) is 9.04. The van der Waals surface area contributed by atoms with Gasteiger partial charge in [-0.15, -0.1) is 0 Å². The molecule has 8 heteroatoms. The summed E-state index contributed by atoms with van der Waals surface area (Å²) >= 11 is 0. The Morgan fingerprint density at radius 3 is 2.37 bits per heavy atom. The van der Waals surface area contributed by atoms with E-state index < -0.39 is 0 Å². The molecular weight excluding hydrogens is 340 g/mol. The highest BCUT2D eigenvalue weighted by atomic mass is 15.3. The lowest BCUT2D eigenvalue weighted by molar-refractivity contribution is 0.634. The maximum Gasteiger partial charge on any atom is 0.225 e. The van der Waals surface area contributed by atoms with Crippen LogP contribution in [-0.2, 0) is 6.54 Å². The predicted octanol–water partition coefficient (Wildman–Crippen LogP) is 1.91. The molecule has 3 aromatic rings. The first-order valence-electron chi connectivity index (χ1n) is 9.04. The van der Waals surface area contributed by atoms with Gasteiger partial charge >= 0.3 is 0 Å². The van der Waals surface area contributed by atoms with Gasteiger partial charge in [0.15, 0.2) is 0 Å². The number of pyridine rings is 1. The summed E-state index contributed by atoms with van der Waals surface area (Å²) in [5.74, 6) is 2.36. The third kappa shape index (κ3) is 4.28. The van der Waals surface area contributed by atoms with E-state index in [2.05, 4.69) is 35.1 Å². The van der Waals surface area contributed by atoms with Crippen LogP contribution in [0, 0.1) is 6.92 Å². The molecule has 27 heavy (non-hydrogen) atoms. The fraction of sp³-hybridized carbons (Fsp3) is 0.316. The Hall–Kier alpha value is -3.29. The van der Waals surface area contributed by atoms with Gasteiger partial charge in [-0.2, -0.15) is 4.98 Å². The number of anilines is 3. The Bertz CT molecular complexity index is 863. The predicted molar refractivity (Wildman–Crippen MR) is 105 cm³/mol. The lowest BCUT2D eigenvalue weighted by Gasteiger charge is -2.35. The van der Waals surface area contributed by atoms with Crippen molar-refractivity contribution in [2.24, 2.45) is 0 Å². The van der Waals surface area contributed by atoms with Gasteiger partial charge in [-0.05, 0) is 25.1 Å². The molecule has 1 fully saturated rings. The maximum absolute atomic E-state index is 4.70. The minimum atomic E-state index is 0.600. The van der Waals surface area contributed by atoms with Crippen LogP contribution < -0.4 is 15.1 Å². The summed E-state index contributed by atoms with van der Waals surface area (Å²) in [5, 5.41) is 3.27. The highest BCUT2D eigenvalue weighted by Crippen LogP contribution is 2.18. The minimum Gasteiger partial charge on any atom is -0.353 e. The molecule has 4 heterocycles. The van der Waals surface area contributed by atoms with Crippen molar-refractivity contribution in [2.75, 3.05) is 41.3 Å². The van der Waals surface area contributed by atoms with Crippen LogP contribution in [0.15, 0.2) is 48.9 Å². The summed E-state index contributed by atoms with van der Waals surface area (Å²) < 4.78 is 0. The number of rotatable bonds is 5. The molecule has 0 bridgehead atoms. The molecule has 0 amide bonds. The van der Waals surface area contributed by atoms with Crippen LogP contribution >= 0.6 is 0 Å². The first kappa shape index (κ1) is 17.1. The highest BCUT2D eigenvalue weighted by Gasteiger charge is 2.20. The summed E-state index contributed by atoms with van der Waals surface area (Å²) in [6.07, 6.45) is 5.35. The quantitative estimate of drug-likeness (QED) is 0.737. The molecule has 1 N–H and O–H groups in total. The number of nitrogens with one attached hydrogen (secondary N) is 1. The molecule has 1 saturated heterocycles. The average molecular weight is 362 g/mol. The minimum absolute atomic E-state index is 0.600. The molecule has 0 unspecified atom stereocenters. The molecule has 1 aliphatic heterocycles. The molecule has 0 spiro atoms. The van der Waals surface area contributed by atoms with E-state index in [1.807, 2.05) is 37.3 Å². The smallest absolute Gasteiger partial charge is 0.225 e. The number of hydrogen-bond donors (Lipinski definition) is 1. The second-order valence-corrected chi connectivity index (χ2v) is 6.39. The fourth-order valence-electron chi connectivity index (χ4n) is 3.06. The van der Waals surface area contributed by atoms with Gasteiger partial charge in [0.2, 0.25) is 11.9 Å². The number of hydrogen-bond acceptors (Lipinski definition) is 8. The number of nitrogens with zero attached hydrogens (tertiary/aromatic N) is 7. The normalized spacial score (nSPS) is 14.3. The van der Waals surface area contributed by atoms with Crippen LogP contribution in [0.3, 0.4) is 0 Å². The van der Waals surface area contributed by atoms with E-state index in [0.717, 1.165) is 49.3 Å². The van der Waals surface area contributed by atoms with Crippen LogP contribution in [-0.4, -0.2) is 51.1 Å². The zero-order chi connectivity index (χ0) is 18.5. The van der Waals surface area contributed by atoms with Crippen molar-refractivity contribution in [3.05, 3.63) is 60.3 Å². The zero-order valence-electron chi connectivity index (χ0n) is 15.3. The molecule has 3 aromatic heterocycles. The third-order valence-electron chi connectivity index (χ3n) is 4.43. The summed E-state index contributed by atoms with van der Waals surface area (Å²) in [6, 6.07) is 9.73. The zero-order valence-corrected chi connectivity index (χ0v) is 15.3. The SMILES string of the molecule is Cc1cc(N2CCN(c3ncccn3)CC2)nc(NCc2ccccn2)n1. The van der Waals surface area contributed by atoms with E-state index in [9.17, 15) is 0 Å². The average Bonchev–Trinajstić information content (AvgIpc) is 2.73. The molecule has 0 aliphatic carbocycles. The van der Waals surface area contributed by atoms with Gasteiger partial charge in [0.05, 0.1) is 12.2 Å². The topological polar surface area (TPSA) is 83.0 Å². The van der Waals surface area contributed by atoms with E-state index in [1.54, 1.807) is 18.6 Å². The monoisotopic (exact) mass is 362 g/mol. The molecule has 8 nitrogen and oxygen atoms in total.